The van der Waals surface area contributed by atoms with Crippen molar-refractivity contribution in [3.63, 3.8) is 0 Å². The monoisotopic (exact) mass is 344 g/mol. The van der Waals surface area contributed by atoms with Gasteiger partial charge in [0, 0.05) is 24.2 Å². The van der Waals surface area contributed by atoms with Gasteiger partial charge in [0.25, 0.3) is 0 Å². The summed E-state index contributed by atoms with van der Waals surface area (Å²) in [5, 5.41) is 2.89. The standard InChI is InChI=1S/C15H24N2O3S2/c1-11(10-22(5,19)20)17(3)15(18)16-12(2)13-6-8-14(21-4)9-7-13/h6-9,11-12H,10H2,1-5H3,(H,16,18)/t11-,12-/m1/s1. The smallest absolute Gasteiger partial charge is 0.317 e. The fourth-order valence-corrected chi connectivity index (χ4v) is 3.52. The van der Waals surface area contributed by atoms with Crippen molar-refractivity contribution in [2.24, 2.45) is 0 Å². The van der Waals surface area contributed by atoms with E-state index in [1.165, 1.54) is 16.1 Å². The molecule has 1 aromatic carbocycles. The molecule has 7 heteroatoms. The molecular formula is C15H24N2O3S2. The Morgan fingerprint density at radius 1 is 1.27 bits per heavy atom. The molecule has 0 heterocycles. The number of nitrogens with zero attached hydrogens (tertiary/aromatic N) is 1. The largest absolute Gasteiger partial charge is 0.331 e. The highest BCUT2D eigenvalue weighted by Crippen LogP contribution is 2.19. The third-order valence-electron chi connectivity index (χ3n) is 3.48. The minimum Gasteiger partial charge on any atom is -0.331 e. The maximum atomic E-state index is 12.2. The van der Waals surface area contributed by atoms with Crippen molar-refractivity contribution in [1.29, 1.82) is 0 Å². The zero-order valence-corrected chi connectivity index (χ0v) is 15.3. The number of rotatable bonds is 6. The topological polar surface area (TPSA) is 66.5 Å². The van der Waals surface area contributed by atoms with Gasteiger partial charge in [-0.25, -0.2) is 13.2 Å². The average molecular weight is 345 g/mol. The Morgan fingerprint density at radius 2 is 1.82 bits per heavy atom. The van der Waals surface area contributed by atoms with E-state index in [9.17, 15) is 13.2 Å². The predicted octanol–water partition coefficient (Wildman–Crippen LogP) is 2.54. The van der Waals surface area contributed by atoms with Crippen LogP contribution < -0.4 is 5.32 Å². The Bertz CT molecular complexity index is 600. The van der Waals surface area contributed by atoms with Crippen molar-refractivity contribution in [2.75, 3.05) is 25.3 Å². The molecule has 0 saturated carbocycles. The molecule has 0 aliphatic heterocycles. The fourth-order valence-electron chi connectivity index (χ4n) is 2.01. The van der Waals surface area contributed by atoms with Crippen LogP contribution >= 0.6 is 11.8 Å². The lowest BCUT2D eigenvalue weighted by Gasteiger charge is -2.26. The first-order valence-corrected chi connectivity index (χ1v) is 10.3. The number of benzene rings is 1. The maximum Gasteiger partial charge on any atom is 0.317 e. The third kappa shape index (κ3) is 5.88. The molecule has 0 radical (unpaired) electrons. The van der Waals surface area contributed by atoms with Gasteiger partial charge in [-0.1, -0.05) is 12.1 Å². The summed E-state index contributed by atoms with van der Waals surface area (Å²) < 4.78 is 22.6. The molecular weight excluding hydrogens is 320 g/mol. The van der Waals surface area contributed by atoms with Gasteiger partial charge in [-0.05, 0) is 37.8 Å². The summed E-state index contributed by atoms with van der Waals surface area (Å²) in [5.74, 6) is -0.0479. The van der Waals surface area contributed by atoms with E-state index in [1.54, 1.807) is 25.7 Å². The van der Waals surface area contributed by atoms with Crippen LogP contribution in [0.5, 0.6) is 0 Å². The Balaban J connectivity index is 2.66. The number of sulfone groups is 1. The molecule has 0 unspecified atom stereocenters. The highest BCUT2D eigenvalue weighted by molar-refractivity contribution is 7.98. The Hall–Kier alpha value is -1.21. The van der Waals surface area contributed by atoms with Crippen LogP contribution in [0.4, 0.5) is 4.79 Å². The molecule has 1 N–H and O–H groups in total. The Kier molecular flexibility index (Phi) is 6.74. The van der Waals surface area contributed by atoms with E-state index in [1.807, 2.05) is 37.4 Å². The van der Waals surface area contributed by atoms with E-state index < -0.39 is 9.84 Å². The first-order chi connectivity index (χ1) is 10.1. The van der Waals surface area contributed by atoms with E-state index in [0.717, 1.165) is 5.56 Å². The Labute approximate surface area is 137 Å². The number of hydrogen-bond donors (Lipinski definition) is 1. The molecule has 0 bridgehead atoms. The van der Waals surface area contributed by atoms with Crippen LogP contribution in [0.25, 0.3) is 0 Å². The number of carbonyl (C=O) groups excluding carboxylic acids is 1. The molecule has 1 rings (SSSR count). The van der Waals surface area contributed by atoms with Crippen molar-refractivity contribution in [3.8, 4) is 0 Å². The van der Waals surface area contributed by atoms with Crippen LogP contribution in [0.2, 0.25) is 0 Å². The summed E-state index contributed by atoms with van der Waals surface area (Å²) >= 11 is 1.66. The zero-order chi connectivity index (χ0) is 16.9. The molecule has 2 atom stereocenters. The van der Waals surface area contributed by atoms with Crippen LogP contribution in [0, 0.1) is 0 Å². The molecule has 5 nitrogen and oxygen atoms in total. The van der Waals surface area contributed by atoms with Gasteiger partial charge in [0.15, 0.2) is 0 Å². The molecule has 2 amide bonds. The van der Waals surface area contributed by atoms with Crippen LogP contribution in [0.1, 0.15) is 25.5 Å². The predicted molar refractivity (Wildman–Crippen MR) is 92.1 cm³/mol. The second-order valence-corrected chi connectivity index (χ2v) is 8.56. The van der Waals surface area contributed by atoms with Gasteiger partial charge in [0.1, 0.15) is 9.84 Å². The van der Waals surface area contributed by atoms with Gasteiger partial charge >= 0.3 is 6.03 Å². The van der Waals surface area contributed by atoms with Crippen molar-refractivity contribution in [3.05, 3.63) is 29.8 Å². The van der Waals surface area contributed by atoms with Crippen molar-refractivity contribution >= 4 is 27.6 Å². The summed E-state index contributed by atoms with van der Waals surface area (Å²) in [6.07, 6.45) is 3.18. The molecule has 0 saturated heterocycles. The third-order valence-corrected chi connectivity index (χ3v) is 5.31. The van der Waals surface area contributed by atoms with Gasteiger partial charge in [0.2, 0.25) is 0 Å². The van der Waals surface area contributed by atoms with Gasteiger partial charge < -0.3 is 10.2 Å². The van der Waals surface area contributed by atoms with Crippen LogP contribution in [-0.4, -0.2) is 50.7 Å². The second-order valence-electron chi connectivity index (χ2n) is 5.50. The summed E-state index contributed by atoms with van der Waals surface area (Å²) in [5.41, 5.74) is 1.01. The van der Waals surface area contributed by atoms with E-state index in [0.29, 0.717) is 0 Å². The minimum absolute atomic E-state index is 0.0479. The molecule has 0 aliphatic rings. The lowest BCUT2D eigenvalue weighted by molar-refractivity contribution is 0.195. The first-order valence-electron chi connectivity index (χ1n) is 6.99. The zero-order valence-electron chi connectivity index (χ0n) is 13.7. The van der Waals surface area contributed by atoms with E-state index in [2.05, 4.69) is 5.32 Å². The molecule has 0 spiro atoms. The highest BCUT2D eigenvalue weighted by atomic mass is 32.2. The van der Waals surface area contributed by atoms with Crippen LogP contribution in [-0.2, 0) is 9.84 Å². The summed E-state index contributed by atoms with van der Waals surface area (Å²) in [6.45, 7) is 3.62. The first kappa shape index (κ1) is 18.8. The van der Waals surface area contributed by atoms with E-state index in [-0.39, 0.29) is 23.9 Å². The highest BCUT2D eigenvalue weighted by Gasteiger charge is 2.21. The van der Waals surface area contributed by atoms with Gasteiger partial charge in [0.05, 0.1) is 11.8 Å². The van der Waals surface area contributed by atoms with E-state index >= 15 is 0 Å². The Morgan fingerprint density at radius 3 is 2.27 bits per heavy atom. The number of hydrogen-bond acceptors (Lipinski definition) is 4. The van der Waals surface area contributed by atoms with Crippen molar-refractivity contribution in [2.45, 2.75) is 30.8 Å². The van der Waals surface area contributed by atoms with E-state index in [4.69, 9.17) is 0 Å². The normalized spacial score (nSPS) is 14.2. The second kappa shape index (κ2) is 7.87. The number of carbonyl (C=O) groups is 1. The van der Waals surface area contributed by atoms with Crippen molar-refractivity contribution in [1.82, 2.24) is 10.2 Å². The lowest BCUT2D eigenvalue weighted by atomic mass is 10.1. The van der Waals surface area contributed by atoms with Gasteiger partial charge in [-0.2, -0.15) is 0 Å². The van der Waals surface area contributed by atoms with Crippen LogP contribution in [0.3, 0.4) is 0 Å². The number of thioether (sulfide) groups is 1. The molecule has 0 aliphatic carbocycles. The average Bonchev–Trinajstić information content (AvgIpc) is 2.44. The lowest BCUT2D eigenvalue weighted by Crippen LogP contribution is -2.45. The summed E-state index contributed by atoms with van der Waals surface area (Å²) in [7, 11) is -1.51. The molecule has 0 aromatic heterocycles. The number of amides is 2. The fraction of sp³-hybridized carbons (Fsp3) is 0.533. The quantitative estimate of drug-likeness (QED) is 0.806. The molecule has 22 heavy (non-hydrogen) atoms. The molecule has 124 valence electrons. The van der Waals surface area contributed by atoms with Gasteiger partial charge in [-0.15, -0.1) is 11.8 Å². The van der Waals surface area contributed by atoms with Gasteiger partial charge in [-0.3, -0.25) is 0 Å². The molecule has 0 fully saturated rings. The summed E-state index contributed by atoms with van der Waals surface area (Å²) in [4.78, 5) is 14.8. The SMILES string of the molecule is CSc1ccc([C@@H](C)NC(=O)N(C)[C@H](C)CS(C)(=O)=O)cc1. The summed E-state index contributed by atoms with van der Waals surface area (Å²) in [6, 6.07) is 7.19. The molecule has 1 aromatic rings. The number of urea groups is 1. The minimum atomic E-state index is -3.11. The van der Waals surface area contributed by atoms with Crippen LogP contribution in [0.15, 0.2) is 29.2 Å². The number of nitrogens with one attached hydrogen (secondary N) is 1. The van der Waals surface area contributed by atoms with Crippen molar-refractivity contribution < 1.29 is 13.2 Å². The maximum absolute atomic E-state index is 12.2.